The van der Waals surface area contributed by atoms with Crippen molar-refractivity contribution in [3.8, 4) is 0 Å². The number of ether oxygens (including phenoxy) is 1. The largest absolute Gasteiger partial charge is 0.469 e. The Kier molecular flexibility index (Phi) is 4.25. The summed E-state index contributed by atoms with van der Waals surface area (Å²) in [6.07, 6.45) is 5.00. The number of hydrogen-bond acceptors (Lipinski definition) is 3. The summed E-state index contributed by atoms with van der Waals surface area (Å²) < 4.78 is 4.83. The van der Waals surface area contributed by atoms with Crippen LogP contribution in [0.1, 0.15) is 18.4 Å². The van der Waals surface area contributed by atoms with Gasteiger partial charge in [-0.1, -0.05) is 18.2 Å². The lowest BCUT2D eigenvalue weighted by Crippen LogP contribution is -2.37. The maximum atomic E-state index is 11.5. The SMILES string of the molecule is COC(=O)C1CCN(CCc2c[nH]c3ccccc23)CC1. The predicted molar refractivity (Wildman–Crippen MR) is 83.2 cm³/mol. The van der Waals surface area contributed by atoms with Gasteiger partial charge in [-0.15, -0.1) is 0 Å². The van der Waals surface area contributed by atoms with E-state index in [1.807, 2.05) is 0 Å². The first kappa shape index (κ1) is 14.1. The Labute approximate surface area is 125 Å². The van der Waals surface area contributed by atoms with E-state index in [1.54, 1.807) is 0 Å². The molecular formula is C17H22N2O2. The minimum Gasteiger partial charge on any atom is -0.469 e. The first-order chi connectivity index (χ1) is 10.3. The number of rotatable bonds is 4. The van der Waals surface area contributed by atoms with E-state index in [9.17, 15) is 4.79 Å². The second-order valence-electron chi connectivity index (χ2n) is 5.75. The molecule has 1 aliphatic heterocycles. The number of piperidine rings is 1. The maximum absolute atomic E-state index is 11.5. The van der Waals surface area contributed by atoms with Crippen molar-refractivity contribution >= 4 is 16.9 Å². The standard InChI is InChI=1S/C17H22N2O2/c1-21-17(20)13-6-9-19(10-7-13)11-8-14-12-18-16-5-3-2-4-15(14)16/h2-5,12-13,18H,6-11H2,1H3. The van der Waals surface area contributed by atoms with Crippen molar-refractivity contribution in [2.75, 3.05) is 26.7 Å². The van der Waals surface area contributed by atoms with E-state index in [2.05, 4.69) is 40.3 Å². The fourth-order valence-electron chi connectivity index (χ4n) is 3.18. The molecule has 1 N–H and O–H groups in total. The maximum Gasteiger partial charge on any atom is 0.308 e. The second-order valence-corrected chi connectivity index (χ2v) is 5.75. The number of carbonyl (C=O) groups is 1. The van der Waals surface area contributed by atoms with Crippen molar-refractivity contribution in [2.45, 2.75) is 19.3 Å². The lowest BCUT2D eigenvalue weighted by molar-refractivity contribution is -0.147. The number of benzene rings is 1. The van der Waals surface area contributed by atoms with Crippen LogP contribution >= 0.6 is 0 Å². The molecule has 0 radical (unpaired) electrons. The number of aromatic amines is 1. The summed E-state index contributed by atoms with van der Waals surface area (Å²) in [6, 6.07) is 8.42. The molecule has 4 heteroatoms. The molecule has 1 aromatic carbocycles. The summed E-state index contributed by atoms with van der Waals surface area (Å²) in [7, 11) is 1.48. The van der Waals surface area contributed by atoms with E-state index in [0.717, 1.165) is 38.9 Å². The quantitative estimate of drug-likeness (QED) is 0.879. The number of methoxy groups -OCH3 is 1. The number of esters is 1. The molecule has 0 saturated carbocycles. The van der Waals surface area contributed by atoms with Crippen LogP contribution in [0.15, 0.2) is 30.5 Å². The van der Waals surface area contributed by atoms with E-state index in [1.165, 1.54) is 23.6 Å². The van der Waals surface area contributed by atoms with Crippen LogP contribution in [0.3, 0.4) is 0 Å². The zero-order valence-electron chi connectivity index (χ0n) is 12.5. The Balaban J connectivity index is 1.54. The van der Waals surface area contributed by atoms with Crippen molar-refractivity contribution in [2.24, 2.45) is 5.92 Å². The average Bonchev–Trinajstić information content (AvgIpc) is 2.96. The van der Waals surface area contributed by atoms with Gasteiger partial charge in [-0.2, -0.15) is 0 Å². The molecule has 1 aliphatic rings. The molecule has 21 heavy (non-hydrogen) atoms. The summed E-state index contributed by atoms with van der Waals surface area (Å²) in [4.78, 5) is 17.3. The van der Waals surface area contributed by atoms with Gasteiger partial charge in [0.15, 0.2) is 0 Å². The molecule has 1 fully saturated rings. The molecule has 2 heterocycles. The predicted octanol–water partition coefficient (Wildman–Crippen LogP) is 2.60. The third-order valence-corrected chi connectivity index (χ3v) is 4.49. The number of nitrogens with one attached hydrogen (secondary N) is 1. The van der Waals surface area contributed by atoms with Gasteiger partial charge in [0.1, 0.15) is 0 Å². The topological polar surface area (TPSA) is 45.3 Å². The first-order valence-electron chi connectivity index (χ1n) is 7.63. The molecule has 4 nitrogen and oxygen atoms in total. The van der Waals surface area contributed by atoms with Crippen molar-refractivity contribution in [3.05, 3.63) is 36.0 Å². The summed E-state index contributed by atoms with van der Waals surface area (Å²) >= 11 is 0. The molecule has 0 atom stereocenters. The first-order valence-corrected chi connectivity index (χ1v) is 7.63. The van der Waals surface area contributed by atoms with Crippen molar-refractivity contribution in [1.82, 2.24) is 9.88 Å². The van der Waals surface area contributed by atoms with Gasteiger partial charge in [0.2, 0.25) is 0 Å². The summed E-state index contributed by atoms with van der Waals surface area (Å²) in [5.41, 5.74) is 2.58. The number of carbonyl (C=O) groups excluding carboxylic acids is 1. The third kappa shape index (κ3) is 3.10. The summed E-state index contributed by atoms with van der Waals surface area (Å²) in [6.45, 7) is 3.03. The van der Waals surface area contributed by atoms with Gasteiger partial charge in [0.05, 0.1) is 13.0 Å². The molecule has 2 aromatic rings. The van der Waals surface area contributed by atoms with E-state index < -0.39 is 0 Å². The minimum absolute atomic E-state index is 0.0497. The number of likely N-dealkylation sites (tertiary alicyclic amines) is 1. The molecule has 0 spiro atoms. The Hall–Kier alpha value is -1.81. The van der Waals surface area contributed by atoms with Crippen LogP contribution in [0.25, 0.3) is 10.9 Å². The Morgan fingerprint density at radius 3 is 2.86 bits per heavy atom. The molecule has 0 aliphatic carbocycles. The lowest BCUT2D eigenvalue weighted by atomic mass is 9.96. The van der Waals surface area contributed by atoms with Gasteiger partial charge in [0.25, 0.3) is 0 Å². The Morgan fingerprint density at radius 1 is 1.33 bits per heavy atom. The summed E-state index contributed by atoms with van der Waals surface area (Å²) in [5.74, 6) is 0.0469. The normalized spacial score (nSPS) is 17.2. The molecule has 3 rings (SSSR count). The van der Waals surface area contributed by atoms with Crippen LogP contribution in [-0.4, -0.2) is 42.6 Å². The third-order valence-electron chi connectivity index (χ3n) is 4.49. The highest BCUT2D eigenvalue weighted by molar-refractivity contribution is 5.83. The Morgan fingerprint density at radius 2 is 2.10 bits per heavy atom. The fourth-order valence-corrected chi connectivity index (χ4v) is 3.18. The van der Waals surface area contributed by atoms with Gasteiger partial charge in [-0.25, -0.2) is 0 Å². The van der Waals surface area contributed by atoms with Crippen LogP contribution < -0.4 is 0 Å². The van der Waals surface area contributed by atoms with Crippen molar-refractivity contribution in [1.29, 1.82) is 0 Å². The average molecular weight is 286 g/mol. The van der Waals surface area contributed by atoms with Crippen LogP contribution in [0.5, 0.6) is 0 Å². The van der Waals surface area contributed by atoms with Crippen LogP contribution in [0.2, 0.25) is 0 Å². The van der Waals surface area contributed by atoms with E-state index >= 15 is 0 Å². The highest BCUT2D eigenvalue weighted by Crippen LogP contribution is 2.21. The van der Waals surface area contributed by atoms with Gasteiger partial charge >= 0.3 is 5.97 Å². The zero-order chi connectivity index (χ0) is 14.7. The summed E-state index contributed by atoms with van der Waals surface area (Å²) in [5, 5.41) is 1.32. The molecular weight excluding hydrogens is 264 g/mol. The van der Waals surface area contributed by atoms with Crippen LogP contribution in [0.4, 0.5) is 0 Å². The highest BCUT2D eigenvalue weighted by atomic mass is 16.5. The highest BCUT2D eigenvalue weighted by Gasteiger charge is 2.25. The van der Waals surface area contributed by atoms with Gasteiger partial charge in [0, 0.05) is 23.6 Å². The van der Waals surface area contributed by atoms with Crippen molar-refractivity contribution < 1.29 is 9.53 Å². The minimum atomic E-state index is -0.0497. The number of hydrogen-bond donors (Lipinski definition) is 1. The number of nitrogens with zero attached hydrogens (tertiary/aromatic N) is 1. The van der Waals surface area contributed by atoms with E-state index in [4.69, 9.17) is 4.74 Å². The van der Waals surface area contributed by atoms with Crippen molar-refractivity contribution in [3.63, 3.8) is 0 Å². The monoisotopic (exact) mass is 286 g/mol. The fraction of sp³-hybridized carbons (Fsp3) is 0.471. The smallest absolute Gasteiger partial charge is 0.308 e. The molecule has 112 valence electrons. The molecule has 0 amide bonds. The van der Waals surface area contributed by atoms with Gasteiger partial charge in [-0.3, -0.25) is 4.79 Å². The number of aromatic nitrogens is 1. The molecule has 1 saturated heterocycles. The number of para-hydroxylation sites is 1. The second kappa shape index (κ2) is 6.31. The molecule has 1 aromatic heterocycles. The molecule has 0 unspecified atom stereocenters. The van der Waals surface area contributed by atoms with Crippen LogP contribution in [0, 0.1) is 5.92 Å². The lowest BCUT2D eigenvalue weighted by Gasteiger charge is -2.30. The van der Waals surface area contributed by atoms with E-state index in [0.29, 0.717) is 0 Å². The number of fused-ring (bicyclic) bond motifs is 1. The van der Waals surface area contributed by atoms with Gasteiger partial charge in [-0.05, 0) is 44.0 Å². The molecule has 0 bridgehead atoms. The van der Waals surface area contributed by atoms with Crippen LogP contribution in [-0.2, 0) is 16.0 Å². The zero-order valence-corrected chi connectivity index (χ0v) is 12.5. The number of H-pyrrole nitrogens is 1. The van der Waals surface area contributed by atoms with Gasteiger partial charge < -0.3 is 14.6 Å². The Bertz CT molecular complexity index is 612. The van der Waals surface area contributed by atoms with E-state index in [-0.39, 0.29) is 11.9 Å².